The van der Waals surface area contributed by atoms with Crippen molar-refractivity contribution in [3.05, 3.63) is 52.7 Å². The number of likely N-dealkylation sites (N-methyl/N-ethyl adjacent to an activating group) is 1. The summed E-state index contributed by atoms with van der Waals surface area (Å²) in [6.07, 6.45) is 2.41. The molecule has 0 amide bonds. The fourth-order valence-corrected chi connectivity index (χ4v) is 5.01. The van der Waals surface area contributed by atoms with E-state index >= 15 is 0 Å². The number of halogens is 2. The van der Waals surface area contributed by atoms with Crippen molar-refractivity contribution in [1.29, 1.82) is 0 Å². The van der Waals surface area contributed by atoms with E-state index in [0.29, 0.717) is 27.3 Å². The van der Waals surface area contributed by atoms with Gasteiger partial charge in [0.15, 0.2) is 5.82 Å². The molecular weight excluding hydrogens is 554 g/mol. The van der Waals surface area contributed by atoms with Crippen LogP contribution in [-0.4, -0.2) is 64.4 Å². The van der Waals surface area contributed by atoms with E-state index in [1.165, 1.54) is 29.5 Å². The van der Waals surface area contributed by atoms with E-state index in [1.807, 2.05) is 25.5 Å². The molecule has 2 N–H and O–H groups in total. The number of ether oxygens (including phenoxy) is 1. The molecule has 2 heterocycles. The van der Waals surface area contributed by atoms with Crippen LogP contribution < -0.4 is 24.2 Å². The number of hydrogen-bond acceptors (Lipinski definition) is 9. The number of anilines is 5. The highest BCUT2D eigenvalue weighted by molar-refractivity contribution is 7.87. The Hall–Kier alpha value is -2.92. The minimum absolute atomic E-state index is 0.103. The molecule has 14 heteroatoms. The second-order valence-corrected chi connectivity index (χ2v) is 12.5. The van der Waals surface area contributed by atoms with E-state index in [2.05, 4.69) is 32.5 Å². The topological polar surface area (TPSA) is 109 Å². The van der Waals surface area contributed by atoms with Crippen molar-refractivity contribution in [2.45, 2.75) is 13.0 Å². The smallest absolute Gasteiger partial charge is 0.399 e. The number of methoxy groups -OCH3 is 1. The van der Waals surface area contributed by atoms with Crippen LogP contribution in [0, 0.1) is 0 Å². The van der Waals surface area contributed by atoms with Crippen molar-refractivity contribution in [3.63, 3.8) is 0 Å². The molecule has 0 radical (unpaired) electrons. The summed E-state index contributed by atoms with van der Waals surface area (Å²) in [6.45, 7) is 5.58. The molecule has 1 aliphatic rings. The second kappa shape index (κ2) is 11.4. The predicted molar refractivity (Wildman–Crippen MR) is 151 cm³/mol. The summed E-state index contributed by atoms with van der Waals surface area (Å²) >= 11 is 6.40. The lowest BCUT2D eigenvalue weighted by atomic mass is 9.99. The van der Waals surface area contributed by atoms with Crippen LogP contribution in [0.2, 0.25) is 5.02 Å². The largest absolute Gasteiger partial charge is 0.495 e. The third-order valence-electron chi connectivity index (χ3n) is 5.91. The van der Waals surface area contributed by atoms with Gasteiger partial charge < -0.3 is 24.8 Å². The minimum Gasteiger partial charge on any atom is -0.495 e. The number of hydrogen-bond donors (Lipinski definition) is 2. The fourth-order valence-electron chi connectivity index (χ4n) is 3.97. The number of fused-ring (bicyclic) bond motifs is 1. The Morgan fingerprint density at radius 2 is 1.89 bits per heavy atom. The van der Waals surface area contributed by atoms with Gasteiger partial charge in [-0.15, -0.1) is 0 Å². The predicted octanol–water partition coefficient (Wildman–Crippen LogP) is 5.30. The Bertz CT molecular complexity index is 1450. The molecule has 3 aromatic rings. The van der Waals surface area contributed by atoms with Gasteiger partial charge in [-0.05, 0) is 62.2 Å². The first-order valence-corrected chi connectivity index (χ1v) is 15.4. The van der Waals surface area contributed by atoms with E-state index in [0.717, 1.165) is 32.2 Å². The zero-order chi connectivity index (χ0) is 27.6. The van der Waals surface area contributed by atoms with Gasteiger partial charge in [0.05, 0.1) is 38.5 Å². The number of nitrogens with zero attached hydrogens (tertiary/aromatic N) is 4. The molecule has 2 aromatic carbocycles. The number of benzene rings is 2. The fraction of sp³-hybridized carbons (Fsp3) is 0.333. The van der Waals surface area contributed by atoms with Crippen LogP contribution in [0.4, 0.5) is 32.7 Å². The van der Waals surface area contributed by atoms with Crippen LogP contribution in [0.3, 0.4) is 0 Å². The van der Waals surface area contributed by atoms with E-state index in [4.69, 9.17) is 20.9 Å². The van der Waals surface area contributed by atoms with Gasteiger partial charge in [0.25, 0.3) is 0 Å². The maximum absolute atomic E-state index is 13.5. The summed E-state index contributed by atoms with van der Waals surface area (Å²) in [5.41, 5.74) is 3.74. The molecule has 0 fully saturated rings. The number of rotatable bonds is 9. The molecule has 1 aromatic heterocycles. The van der Waals surface area contributed by atoms with Gasteiger partial charge in [0, 0.05) is 26.2 Å². The Kier molecular flexibility index (Phi) is 8.46. The number of aromatic nitrogens is 2. The van der Waals surface area contributed by atoms with Crippen molar-refractivity contribution in [1.82, 2.24) is 14.9 Å². The normalized spacial score (nSPS) is 13.7. The maximum Gasteiger partial charge on any atom is 0.399 e. The van der Waals surface area contributed by atoms with Gasteiger partial charge in [-0.2, -0.15) is 13.4 Å². The average Bonchev–Trinajstić information content (AvgIpc) is 2.85. The first-order valence-electron chi connectivity index (χ1n) is 11.6. The molecule has 0 saturated heterocycles. The molecule has 0 atom stereocenters. The van der Waals surface area contributed by atoms with Gasteiger partial charge >= 0.3 is 10.4 Å². The summed E-state index contributed by atoms with van der Waals surface area (Å²) in [5.74, 6) is 1.58. The quantitative estimate of drug-likeness (QED) is 0.257. The SMILES string of the molecule is COc1cc2c(cc1Nc1ncc(Cl)c(Nc3ccc(N(C)S(=O)(=O)F)cc3OP(C)C)n1)CN(C)CC2. The van der Waals surface area contributed by atoms with Crippen LogP contribution in [0.5, 0.6) is 11.5 Å². The van der Waals surface area contributed by atoms with E-state index in [1.54, 1.807) is 13.2 Å². The highest BCUT2D eigenvalue weighted by atomic mass is 35.5. The van der Waals surface area contributed by atoms with E-state index < -0.39 is 18.6 Å². The lowest BCUT2D eigenvalue weighted by Gasteiger charge is -2.26. The maximum atomic E-state index is 13.5. The van der Waals surface area contributed by atoms with Gasteiger partial charge in [0.1, 0.15) is 16.5 Å². The highest BCUT2D eigenvalue weighted by Crippen LogP contribution is 2.40. The minimum atomic E-state index is -4.93. The zero-order valence-electron chi connectivity index (χ0n) is 21.6. The van der Waals surface area contributed by atoms with Crippen molar-refractivity contribution < 1.29 is 21.6 Å². The lowest BCUT2D eigenvalue weighted by molar-refractivity contribution is 0.312. The number of nitrogens with one attached hydrogen (secondary N) is 2. The van der Waals surface area contributed by atoms with E-state index in [9.17, 15) is 12.3 Å². The van der Waals surface area contributed by atoms with Crippen molar-refractivity contribution in [3.8, 4) is 11.5 Å². The highest BCUT2D eigenvalue weighted by Gasteiger charge is 2.20. The van der Waals surface area contributed by atoms with Crippen LogP contribution >= 0.6 is 19.7 Å². The third-order valence-corrected chi connectivity index (χ3v) is 7.61. The van der Waals surface area contributed by atoms with Crippen LogP contribution in [-0.2, 0) is 23.4 Å². The summed E-state index contributed by atoms with van der Waals surface area (Å²) in [7, 11) is -0.997. The van der Waals surface area contributed by atoms with Crippen LogP contribution in [0.15, 0.2) is 36.5 Å². The third kappa shape index (κ3) is 6.55. The summed E-state index contributed by atoms with van der Waals surface area (Å²) in [5, 5.41) is 6.60. The molecule has 0 unspecified atom stereocenters. The van der Waals surface area contributed by atoms with Crippen molar-refractivity contribution in [2.75, 3.05) is 56.0 Å². The van der Waals surface area contributed by atoms with Crippen molar-refractivity contribution in [2.24, 2.45) is 0 Å². The van der Waals surface area contributed by atoms with Gasteiger partial charge in [-0.25, -0.2) is 9.29 Å². The zero-order valence-corrected chi connectivity index (χ0v) is 24.1. The molecule has 0 saturated carbocycles. The molecular formula is C24H29ClFN6O4PS. The summed E-state index contributed by atoms with van der Waals surface area (Å²) in [4.78, 5) is 11.1. The Morgan fingerprint density at radius 1 is 1.13 bits per heavy atom. The molecule has 38 heavy (non-hydrogen) atoms. The van der Waals surface area contributed by atoms with Gasteiger partial charge in [-0.1, -0.05) is 15.5 Å². The summed E-state index contributed by atoms with van der Waals surface area (Å²) < 4.78 is 48.3. The molecule has 0 aliphatic carbocycles. The van der Waals surface area contributed by atoms with Crippen LogP contribution in [0.1, 0.15) is 11.1 Å². The second-order valence-electron chi connectivity index (χ2n) is 8.94. The van der Waals surface area contributed by atoms with Crippen LogP contribution in [0.25, 0.3) is 0 Å². The first-order chi connectivity index (χ1) is 17.9. The molecule has 204 valence electrons. The molecule has 10 nitrogen and oxygen atoms in total. The van der Waals surface area contributed by atoms with E-state index in [-0.39, 0.29) is 16.7 Å². The summed E-state index contributed by atoms with van der Waals surface area (Å²) in [6, 6.07) is 8.53. The van der Waals surface area contributed by atoms with Crippen molar-refractivity contribution >= 4 is 59.0 Å². The molecule has 4 rings (SSSR count). The first kappa shape index (κ1) is 28.1. The Morgan fingerprint density at radius 3 is 2.58 bits per heavy atom. The van der Waals surface area contributed by atoms with Gasteiger partial charge in [-0.3, -0.25) is 0 Å². The molecule has 1 aliphatic heterocycles. The standard InChI is InChI=1S/C24H29ClFN6O4PS/c1-31-9-8-15-11-21(35-3)20(10-16(15)14-31)29-24-27-13-18(25)23(30-24)28-19-7-6-17(32(2)38(26,33)34)12-22(19)36-37(4)5/h6-7,10-13H,8-9,14H2,1-5H3,(H2,27,28,29,30). The Balaban J connectivity index is 1.64. The Labute approximate surface area is 228 Å². The van der Waals surface area contributed by atoms with Gasteiger partial charge in [0.2, 0.25) is 5.95 Å². The lowest BCUT2D eigenvalue weighted by Crippen LogP contribution is -2.26. The average molecular weight is 583 g/mol. The molecule has 0 spiro atoms. The monoisotopic (exact) mass is 582 g/mol. The molecule has 0 bridgehead atoms.